The van der Waals surface area contributed by atoms with Crippen LogP contribution in [0.4, 0.5) is 0 Å². The standard InChI is InChI=1S/C50H88NO8P/c1-6-8-10-12-14-16-18-20-22-23-24-25-26-27-29-31-33-35-37-39-41-43-50(53)59-48(47-58-60(54,55)57-45-44-51(3,4)5)46-56-49(52)42-40-38-36-34-32-30-28-21-19-17-15-13-11-9-7-2/h21-23,25-26,28-29,31-32,34-35,37,48H,6-20,24,27,30,33,36,38-47H2,1-5H3/p+1/b23-22+,26-25+,28-21+,31-29+,34-32+,37-35+/t48-/m1/s1. The van der Waals surface area contributed by atoms with E-state index in [4.69, 9.17) is 18.5 Å². The monoisotopic (exact) mass is 863 g/mol. The number of unbranched alkanes of at least 4 members (excludes halogenated alkanes) is 16. The Bertz CT molecular complexity index is 1250. The summed E-state index contributed by atoms with van der Waals surface area (Å²) in [5.74, 6) is -0.907. The van der Waals surface area contributed by atoms with Crippen molar-refractivity contribution >= 4 is 19.8 Å². The fourth-order valence-corrected chi connectivity index (χ4v) is 6.72. The Balaban J connectivity index is 4.48. The Morgan fingerprint density at radius 1 is 0.517 bits per heavy atom. The van der Waals surface area contributed by atoms with Crippen LogP contribution in [0.5, 0.6) is 0 Å². The third kappa shape index (κ3) is 45.0. The van der Waals surface area contributed by atoms with Crippen molar-refractivity contribution in [3.63, 3.8) is 0 Å². The van der Waals surface area contributed by atoms with E-state index in [2.05, 4.69) is 80.7 Å². The van der Waals surface area contributed by atoms with Crippen LogP contribution in [0, 0.1) is 0 Å². The molecule has 0 aromatic heterocycles. The SMILES string of the molecule is CCCCCCCC/C=C/C/C=C/CCCCC(=O)OC[C@H](COP(=O)(O)OCC[N+](C)(C)C)OC(=O)CCC/C=C/C/C=C/C/C=C/C/C=C/CCCCCCCCC. The normalized spacial score (nSPS) is 14.2. The van der Waals surface area contributed by atoms with Gasteiger partial charge in [-0.05, 0) is 83.5 Å². The summed E-state index contributed by atoms with van der Waals surface area (Å²) in [5, 5.41) is 0. The maximum Gasteiger partial charge on any atom is 0.472 e. The average molecular weight is 863 g/mol. The molecule has 0 heterocycles. The third-order valence-corrected chi connectivity index (χ3v) is 10.7. The van der Waals surface area contributed by atoms with Gasteiger partial charge in [-0.3, -0.25) is 18.6 Å². The van der Waals surface area contributed by atoms with Crippen molar-refractivity contribution in [2.45, 2.75) is 187 Å². The van der Waals surface area contributed by atoms with Crippen LogP contribution in [0.15, 0.2) is 72.9 Å². The zero-order valence-electron chi connectivity index (χ0n) is 38.9. The Labute approximate surface area is 368 Å². The molecule has 0 aromatic rings. The van der Waals surface area contributed by atoms with Gasteiger partial charge in [-0.25, -0.2) is 4.57 Å². The van der Waals surface area contributed by atoms with Crippen molar-refractivity contribution in [1.82, 2.24) is 0 Å². The molecule has 2 atom stereocenters. The zero-order chi connectivity index (χ0) is 44.3. The van der Waals surface area contributed by atoms with Gasteiger partial charge in [-0.2, -0.15) is 0 Å². The van der Waals surface area contributed by atoms with Crippen molar-refractivity contribution < 1.29 is 42.1 Å². The number of allylic oxidation sites excluding steroid dienone is 12. The minimum atomic E-state index is -4.40. The molecule has 1 unspecified atom stereocenters. The van der Waals surface area contributed by atoms with Gasteiger partial charge in [0, 0.05) is 12.8 Å². The molecule has 9 nitrogen and oxygen atoms in total. The van der Waals surface area contributed by atoms with E-state index in [0.717, 1.165) is 44.9 Å². The molecule has 0 aliphatic rings. The van der Waals surface area contributed by atoms with Gasteiger partial charge in [0.05, 0.1) is 27.7 Å². The lowest BCUT2D eigenvalue weighted by Gasteiger charge is -2.24. The van der Waals surface area contributed by atoms with Crippen molar-refractivity contribution in [2.24, 2.45) is 0 Å². The largest absolute Gasteiger partial charge is 0.472 e. The van der Waals surface area contributed by atoms with Crippen LogP contribution >= 0.6 is 7.82 Å². The molecule has 0 aromatic carbocycles. The van der Waals surface area contributed by atoms with Gasteiger partial charge in [0.2, 0.25) is 0 Å². The number of ether oxygens (including phenoxy) is 2. The number of hydrogen-bond acceptors (Lipinski definition) is 7. The van der Waals surface area contributed by atoms with Gasteiger partial charge in [0.15, 0.2) is 6.10 Å². The van der Waals surface area contributed by atoms with E-state index in [1.807, 2.05) is 27.2 Å². The molecule has 0 radical (unpaired) electrons. The van der Waals surface area contributed by atoms with E-state index < -0.39 is 32.5 Å². The predicted molar refractivity (Wildman–Crippen MR) is 252 cm³/mol. The minimum absolute atomic E-state index is 0.0134. The molecule has 0 saturated carbocycles. The third-order valence-electron chi connectivity index (χ3n) is 9.71. The lowest BCUT2D eigenvalue weighted by atomic mass is 10.1. The van der Waals surface area contributed by atoms with Crippen molar-refractivity contribution in [2.75, 3.05) is 47.5 Å². The summed E-state index contributed by atoms with van der Waals surface area (Å²) < 4.78 is 34.2. The molecule has 1 N–H and O–H groups in total. The quantitative estimate of drug-likeness (QED) is 0.0212. The van der Waals surface area contributed by atoms with Crippen molar-refractivity contribution in [3.8, 4) is 0 Å². The molecule has 0 fully saturated rings. The van der Waals surface area contributed by atoms with E-state index in [1.54, 1.807) is 0 Å². The molecule has 0 aliphatic carbocycles. The first-order valence-corrected chi connectivity index (χ1v) is 25.2. The fourth-order valence-electron chi connectivity index (χ4n) is 5.98. The lowest BCUT2D eigenvalue weighted by molar-refractivity contribution is -0.870. The van der Waals surface area contributed by atoms with Crippen LogP contribution in [-0.4, -0.2) is 74.9 Å². The number of carbonyl (C=O) groups is 2. The number of likely N-dealkylation sites (N-methyl/N-ethyl adjacent to an activating group) is 1. The lowest BCUT2D eigenvalue weighted by Crippen LogP contribution is -2.37. The van der Waals surface area contributed by atoms with Crippen LogP contribution in [0.1, 0.15) is 181 Å². The Morgan fingerprint density at radius 2 is 0.917 bits per heavy atom. The molecule has 0 amide bonds. The number of phosphoric acid groups is 1. The number of esters is 2. The molecule has 0 rings (SSSR count). The zero-order valence-corrected chi connectivity index (χ0v) is 39.8. The maximum absolute atomic E-state index is 12.7. The molecule has 10 heteroatoms. The summed E-state index contributed by atoms with van der Waals surface area (Å²) >= 11 is 0. The summed E-state index contributed by atoms with van der Waals surface area (Å²) in [6, 6.07) is 0. The second-order valence-corrected chi connectivity index (χ2v) is 18.2. The van der Waals surface area contributed by atoms with Crippen LogP contribution < -0.4 is 0 Å². The second kappa shape index (κ2) is 41.8. The molecule has 0 aliphatic heterocycles. The molecule has 0 saturated heterocycles. The molecule has 346 valence electrons. The average Bonchev–Trinajstić information content (AvgIpc) is 3.20. The van der Waals surface area contributed by atoms with Crippen LogP contribution in [0.2, 0.25) is 0 Å². The van der Waals surface area contributed by atoms with Crippen molar-refractivity contribution in [3.05, 3.63) is 72.9 Å². The summed E-state index contributed by atoms with van der Waals surface area (Å²) in [6.07, 6.45) is 52.5. The van der Waals surface area contributed by atoms with E-state index in [9.17, 15) is 19.0 Å². The first-order chi connectivity index (χ1) is 29.0. The molecule has 60 heavy (non-hydrogen) atoms. The van der Waals surface area contributed by atoms with E-state index >= 15 is 0 Å². The van der Waals surface area contributed by atoms with Crippen LogP contribution in [0.3, 0.4) is 0 Å². The number of phosphoric ester groups is 1. The molecular formula is C50H89NO8P+. The Morgan fingerprint density at radius 3 is 1.38 bits per heavy atom. The van der Waals surface area contributed by atoms with Gasteiger partial charge >= 0.3 is 19.8 Å². The minimum Gasteiger partial charge on any atom is -0.462 e. The topological polar surface area (TPSA) is 108 Å². The van der Waals surface area contributed by atoms with E-state index in [0.29, 0.717) is 30.3 Å². The first kappa shape index (κ1) is 57.4. The number of quaternary nitrogens is 1. The number of nitrogens with zero attached hydrogens (tertiary/aromatic N) is 1. The predicted octanol–water partition coefficient (Wildman–Crippen LogP) is 13.8. The molecular weight excluding hydrogens is 774 g/mol. The summed E-state index contributed by atoms with van der Waals surface area (Å²) in [5.41, 5.74) is 0. The highest BCUT2D eigenvalue weighted by Crippen LogP contribution is 2.43. The molecule has 0 spiro atoms. The van der Waals surface area contributed by atoms with Gasteiger partial charge in [0.1, 0.15) is 19.8 Å². The Hall–Kier alpha value is -2.55. The van der Waals surface area contributed by atoms with E-state index in [1.165, 1.54) is 89.9 Å². The summed E-state index contributed by atoms with van der Waals surface area (Å²) in [4.78, 5) is 35.4. The fraction of sp³-hybridized carbons (Fsp3) is 0.720. The highest BCUT2D eigenvalue weighted by Gasteiger charge is 2.27. The highest BCUT2D eigenvalue weighted by molar-refractivity contribution is 7.47. The van der Waals surface area contributed by atoms with Crippen LogP contribution in [-0.2, 0) is 32.7 Å². The first-order valence-electron chi connectivity index (χ1n) is 23.7. The number of carbonyl (C=O) groups excluding carboxylic acids is 2. The molecule has 0 bridgehead atoms. The Kier molecular flexibility index (Phi) is 40.0. The van der Waals surface area contributed by atoms with Gasteiger partial charge in [0.25, 0.3) is 0 Å². The highest BCUT2D eigenvalue weighted by atomic mass is 31.2. The maximum atomic E-state index is 12.7. The van der Waals surface area contributed by atoms with E-state index in [-0.39, 0.29) is 26.1 Å². The van der Waals surface area contributed by atoms with Crippen molar-refractivity contribution in [1.29, 1.82) is 0 Å². The van der Waals surface area contributed by atoms with Gasteiger partial charge in [-0.1, -0.05) is 157 Å². The van der Waals surface area contributed by atoms with Gasteiger partial charge < -0.3 is 18.9 Å². The smallest absolute Gasteiger partial charge is 0.462 e. The summed E-state index contributed by atoms with van der Waals surface area (Å²) in [6.45, 7) is 4.30. The van der Waals surface area contributed by atoms with Crippen LogP contribution in [0.25, 0.3) is 0 Å². The summed E-state index contributed by atoms with van der Waals surface area (Å²) in [7, 11) is 1.42. The second-order valence-electron chi connectivity index (χ2n) is 16.8. The number of hydrogen-bond donors (Lipinski definition) is 1. The number of rotatable bonds is 42. The van der Waals surface area contributed by atoms with Gasteiger partial charge in [-0.15, -0.1) is 0 Å².